The summed E-state index contributed by atoms with van der Waals surface area (Å²) in [5.41, 5.74) is 11.8. The number of aromatic nitrogens is 4. The first-order valence-electron chi connectivity index (χ1n) is 10.4. The maximum absolute atomic E-state index is 12.2. The van der Waals surface area contributed by atoms with E-state index >= 15 is 0 Å². The fourth-order valence-corrected chi connectivity index (χ4v) is 4.91. The number of hydrogen-bond donors (Lipinski definition) is 2. The number of rotatable bonds is 3. The van der Waals surface area contributed by atoms with Crippen LogP contribution in [0.2, 0.25) is 0 Å². The third kappa shape index (κ3) is 3.60. The van der Waals surface area contributed by atoms with Gasteiger partial charge in [0.2, 0.25) is 0 Å². The van der Waals surface area contributed by atoms with Gasteiger partial charge in [-0.3, -0.25) is 5.32 Å². The Morgan fingerprint density at radius 3 is 2.69 bits per heavy atom. The minimum absolute atomic E-state index is 0.195. The zero-order valence-corrected chi connectivity index (χ0v) is 18.7. The number of carbonyl (C=O) groups excluding carboxylic acids is 1. The molecule has 4 aromatic rings. The van der Waals surface area contributed by atoms with Crippen LogP contribution in [-0.4, -0.2) is 44.8 Å². The van der Waals surface area contributed by atoms with Crippen LogP contribution in [0.5, 0.6) is 0 Å². The van der Waals surface area contributed by atoms with Crippen molar-refractivity contribution in [1.82, 2.24) is 24.6 Å². The molecule has 8 nitrogen and oxygen atoms in total. The largest absolute Gasteiger partial charge is 0.384 e. The number of pyridine rings is 1. The van der Waals surface area contributed by atoms with Crippen molar-refractivity contribution >= 4 is 28.3 Å². The van der Waals surface area contributed by atoms with Gasteiger partial charge in [0.1, 0.15) is 5.82 Å². The molecule has 0 aliphatic heterocycles. The SMILES string of the molecule is CN(C)C(=O)Nc1nc2c(s1)-c1c(c(-c3ccc(N)nc3)nn1-c1ccccc1)CCC2. The number of nitrogens with two attached hydrogens (primary N) is 1. The first kappa shape index (κ1) is 20.2. The van der Waals surface area contributed by atoms with Crippen molar-refractivity contribution in [1.29, 1.82) is 0 Å². The molecule has 162 valence electrons. The lowest BCUT2D eigenvalue weighted by molar-refractivity contribution is 0.230. The Hall–Kier alpha value is -3.72. The van der Waals surface area contributed by atoms with Gasteiger partial charge in [-0.1, -0.05) is 29.5 Å². The first-order valence-corrected chi connectivity index (χ1v) is 11.2. The number of thiazole rings is 1. The average Bonchev–Trinajstić information content (AvgIpc) is 3.31. The molecule has 0 atom stereocenters. The van der Waals surface area contributed by atoms with E-state index in [1.54, 1.807) is 26.4 Å². The van der Waals surface area contributed by atoms with Gasteiger partial charge in [0.25, 0.3) is 0 Å². The highest BCUT2D eigenvalue weighted by molar-refractivity contribution is 7.19. The summed E-state index contributed by atoms with van der Waals surface area (Å²) in [6.45, 7) is 0. The molecule has 32 heavy (non-hydrogen) atoms. The number of aryl methyl sites for hydroxylation is 1. The molecular weight excluding hydrogens is 422 g/mol. The molecule has 2 amide bonds. The quantitative estimate of drug-likeness (QED) is 0.492. The van der Waals surface area contributed by atoms with E-state index in [-0.39, 0.29) is 6.03 Å². The number of nitrogens with one attached hydrogen (secondary N) is 1. The van der Waals surface area contributed by atoms with E-state index in [1.807, 2.05) is 41.1 Å². The Bertz CT molecular complexity index is 1280. The van der Waals surface area contributed by atoms with Crippen molar-refractivity contribution in [2.75, 3.05) is 25.1 Å². The second-order valence-electron chi connectivity index (χ2n) is 7.87. The molecule has 5 rings (SSSR count). The molecule has 3 N–H and O–H groups in total. The van der Waals surface area contributed by atoms with Crippen molar-refractivity contribution < 1.29 is 4.79 Å². The van der Waals surface area contributed by atoms with Gasteiger partial charge in [0.15, 0.2) is 5.13 Å². The maximum atomic E-state index is 12.2. The van der Waals surface area contributed by atoms with Gasteiger partial charge in [-0.15, -0.1) is 0 Å². The highest BCUT2D eigenvalue weighted by Gasteiger charge is 2.28. The van der Waals surface area contributed by atoms with Crippen molar-refractivity contribution in [3.8, 4) is 27.5 Å². The lowest BCUT2D eigenvalue weighted by atomic mass is 10.0. The molecule has 0 unspecified atom stereocenters. The summed E-state index contributed by atoms with van der Waals surface area (Å²) in [5.74, 6) is 0.480. The molecule has 9 heteroatoms. The smallest absolute Gasteiger partial charge is 0.323 e. The van der Waals surface area contributed by atoms with Crippen LogP contribution in [-0.2, 0) is 12.8 Å². The third-order valence-electron chi connectivity index (χ3n) is 5.42. The van der Waals surface area contributed by atoms with Crippen molar-refractivity contribution in [3.63, 3.8) is 0 Å². The van der Waals surface area contributed by atoms with E-state index in [1.165, 1.54) is 16.2 Å². The highest BCUT2D eigenvalue weighted by atomic mass is 32.1. The lowest BCUT2D eigenvalue weighted by Crippen LogP contribution is -2.27. The molecule has 1 aliphatic rings. The zero-order valence-electron chi connectivity index (χ0n) is 17.9. The zero-order chi connectivity index (χ0) is 22.2. The van der Waals surface area contributed by atoms with E-state index in [0.717, 1.165) is 58.0 Å². The van der Waals surface area contributed by atoms with Crippen LogP contribution in [0.25, 0.3) is 27.5 Å². The molecule has 0 fully saturated rings. The van der Waals surface area contributed by atoms with Gasteiger partial charge in [-0.2, -0.15) is 5.10 Å². The van der Waals surface area contributed by atoms with Crippen molar-refractivity contribution in [2.24, 2.45) is 0 Å². The predicted molar refractivity (Wildman–Crippen MR) is 127 cm³/mol. The molecule has 0 radical (unpaired) electrons. The Morgan fingerprint density at radius 2 is 1.97 bits per heavy atom. The van der Waals surface area contributed by atoms with Crippen molar-refractivity contribution in [2.45, 2.75) is 19.3 Å². The van der Waals surface area contributed by atoms with Gasteiger partial charge < -0.3 is 10.6 Å². The molecule has 0 saturated heterocycles. The number of carbonyl (C=O) groups is 1. The number of nitrogen functional groups attached to an aromatic ring is 1. The van der Waals surface area contributed by atoms with E-state index in [4.69, 9.17) is 15.8 Å². The molecular formula is C23H23N7OS. The van der Waals surface area contributed by atoms with E-state index < -0.39 is 0 Å². The van der Waals surface area contributed by atoms with Crippen LogP contribution < -0.4 is 11.1 Å². The lowest BCUT2D eigenvalue weighted by Gasteiger charge is -2.09. The summed E-state index contributed by atoms with van der Waals surface area (Å²) >= 11 is 1.49. The molecule has 0 saturated carbocycles. The third-order valence-corrected chi connectivity index (χ3v) is 6.44. The van der Waals surface area contributed by atoms with Crippen LogP contribution >= 0.6 is 11.3 Å². The summed E-state index contributed by atoms with van der Waals surface area (Å²) < 4.78 is 1.99. The number of nitrogens with zero attached hydrogens (tertiary/aromatic N) is 5. The number of hydrogen-bond acceptors (Lipinski definition) is 6. The maximum Gasteiger partial charge on any atom is 0.323 e. The number of amides is 2. The topological polar surface area (TPSA) is 102 Å². The van der Waals surface area contributed by atoms with Crippen molar-refractivity contribution in [3.05, 3.63) is 59.9 Å². The minimum atomic E-state index is -0.195. The monoisotopic (exact) mass is 445 g/mol. The van der Waals surface area contributed by atoms with Crippen LogP contribution in [0.4, 0.5) is 15.7 Å². The molecule has 3 aromatic heterocycles. The summed E-state index contributed by atoms with van der Waals surface area (Å²) in [5, 5.41) is 8.51. The number of urea groups is 1. The fraction of sp³-hybridized carbons (Fsp3) is 0.217. The second kappa shape index (κ2) is 8.08. The average molecular weight is 446 g/mol. The first-order chi connectivity index (χ1) is 15.5. The van der Waals surface area contributed by atoms with E-state index in [9.17, 15) is 4.79 Å². The predicted octanol–water partition coefficient (Wildman–Crippen LogP) is 4.22. The summed E-state index contributed by atoms with van der Waals surface area (Å²) in [6, 6.07) is 13.6. The van der Waals surface area contributed by atoms with E-state index in [0.29, 0.717) is 10.9 Å². The van der Waals surface area contributed by atoms with Gasteiger partial charge in [0.05, 0.1) is 27.6 Å². The van der Waals surface area contributed by atoms with Gasteiger partial charge in [-0.05, 0) is 43.5 Å². The van der Waals surface area contributed by atoms with Gasteiger partial charge in [-0.25, -0.2) is 19.4 Å². The van der Waals surface area contributed by atoms with E-state index in [2.05, 4.69) is 10.3 Å². The van der Waals surface area contributed by atoms with Gasteiger partial charge >= 0.3 is 6.03 Å². The van der Waals surface area contributed by atoms with Gasteiger partial charge in [0, 0.05) is 31.4 Å². The molecule has 1 aromatic carbocycles. The summed E-state index contributed by atoms with van der Waals surface area (Å²) in [7, 11) is 3.42. The Balaban J connectivity index is 1.70. The fourth-order valence-electron chi connectivity index (χ4n) is 3.85. The molecule has 3 heterocycles. The Morgan fingerprint density at radius 1 is 1.16 bits per heavy atom. The standard InChI is InChI=1S/C23H23N7OS/c1-29(2)23(31)27-22-26-17-10-6-9-16-19(14-11-12-18(24)25-13-14)28-30(20(16)21(17)32-22)15-7-4-3-5-8-15/h3-5,7-8,11-13H,6,9-10H2,1-2H3,(H2,24,25)(H,26,27,31). The van der Waals surface area contributed by atoms with Crippen LogP contribution in [0.1, 0.15) is 17.7 Å². The number of benzene rings is 1. The molecule has 1 aliphatic carbocycles. The highest BCUT2D eigenvalue weighted by Crippen LogP contribution is 2.43. The molecule has 0 bridgehead atoms. The van der Waals surface area contributed by atoms with Crippen LogP contribution in [0, 0.1) is 0 Å². The second-order valence-corrected chi connectivity index (χ2v) is 8.87. The summed E-state index contributed by atoms with van der Waals surface area (Å²) in [6.07, 6.45) is 4.44. The minimum Gasteiger partial charge on any atom is -0.384 e. The normalized spacial score (nSPS) is 12.6. The Labute approximate surface area is 189 Å². The van der Waals surface area contributed by atoms with Crippen LogP contribution in [0.15, 0.2) is 48.7 Å². The Kier molecular flexibility index (Phi) is 5.10. The summed E-state index contributed by atoms with van der Waals surface area (Å²) in [4.78, 5) is 23.8. The number of anilines is 2. The molecule has 0 spiro atoms. The number of para-hydroxylation sites is 1. The number of fused-ring (bicyclic) bond motifs is 3. The van der Waals surface area contributed by atoms with Crippen LogP contribution in [0.3, 0.4) is 0 Å².